The quantitative estimate of drug-likeness (QED) is 0.877. The molecular formula is C9H10ClN3O2S. The van der Waals surface area contributed by atoms with Crippen molar-refractivity contribution in [2.45, 2.75) is 13.3 Å². The van der Waals surface area contributed by atoms with Crippen molar-refractivity contribution in [3.8, 4) is 6.07 Å². The second kappa shape index (κ2) is 5.68. The second-order valence-electron chi connectivity index (χ2n) is 2.91. The minimum Gasteiger partial charge on any atom is -0.477 e. The van der Waals surface area contributed by atoms with Crippen LogP contribution in [0.2, 0.25) is 5.15 Å². The maximum atomic E-state index is 10.8. The number of halogens is 1. The van der Waals surface area contributed by atoms with E-state index < -0.39 is 5.97 Å². The molecule has 1 aromatic rings. The molecule has 0 aliphatic heterocycles. The number of nitrogens with zero attached hydrogens (tertiary/aromatic N) is 3. The van der Waals surface area contributed by atoms with Crippen LogP contribution in [-0.2, 0) is 0 Å². The molecule has 0 unspecified atom stereocenters. The van der Waals surface area contributed by atoms with Crippen LogP contribution < -0.4 is 4.90 Å². The Kier molecular flexibility index (Phi) is 4.52. The maximum Gasteiger partial charge on any atom is 0.349 e. The summed E-state index contributed by atoms with van der Waals surface area (Å²) in [6.45, 7) is 3.09. The van der Waals surface area contributed by atoms with Gasteiger partial charge in [0.2, 0.25) is 0 Å². The Morgan fingerprint density at radius 3 is 2.88 bits per heavy atom. The SMILES string of the molecule is CCN(CCC#N)c1nc(Cl)c(C(=O)O)s1. The highest BCUT2D eigenvalue weighted by molar-refractivity contribution is 7.18. The van der Waals surface area contributed by atoms with E-state index in [0.717, 1.165) is 11.3 Å². The summed E-state index contributed by atoms with van der Waals surface area (Å²) >= 11 is 6.73. The molecule has 7 heteroatoms. The van der Waals surface area contributed by atoms with Crippen molar-refractivity contribution in [1.82, 2.24) is 4.98 Å². The largest absolute Gasteiger partial charge is 0.477 e. The molecule has 0 aliphatic rings. The normalized spacial score (nSPS) is 9.81. The van der Waals surface area contributed by atoms with Gasteiger partial charge >= 0.3 is 5.97 Å². The number of thiazole rings is 1. The van der Waals surface area contributed by atoms with Gasteiger partial charge in [0.05, 0.1) is 12.5 Å². The fourth-order valence-corrected chi connectivity index (χ4v) is 2.34. The number of carbonyl (C=O) groups is 1. The van der Waals surface area contributed by atoms with Crippen LogP contribution in [0.1, 0.15) is 23.0 Å². The number of anilines is 1. The Hall–Kier alpha value is -1.32. The van der Waals surface area contributed by atoms with Gasteiger partial charge in [-0.05, 0) is 6.92 Å². The van der Waals surface area contributed by atoms with Crippen LogP contribution in [0.5, 0.6) is 0 Å². The first kappa shape index (κ1) is 12.7. The third-order valence-electron chi connectivity index (χ3n) is 1.91. The summed E-state index contributed by atoms with van der Waals surface area (Å²) in [7, 11) is 0. The van der Waals surface area contributed by atoms with E-state index in [1.807, 2.05) is 17.9 Å². The Bertz CT molecular complexity index is 427. The highest BCUT2D eigenvalue weighted by Crippen LogP contribution is 2.29. The molecule has 0 spiro atoms. The van der Waals surface area contributed by atoms with Crippen LogP contribution in [0, 0.1) is 11.3 Å². The molecule has 0 bridgehead atoms. The molecule has 1 rings (SSSR count). The molecule has 0 atom stereocenters. The smallest absolute Gasteiger partial charge is 0.349 e. The van der Waals surface area contributed by atoms with E-state index in [0.29, 0.717) is 24.6 Å². The highest BCUT2D eigenvalue weighted by atomic mass is 35.5. The van der Waals surface area contributed by atoms with Crippen LogP contribution in [0.3, 0.4) is 0 Å². The van der Waals surface area contributed by atoms with Crippen molar-refractivity contribution in [2.75, 3.05) is 18.0 Å². The predicted molar refractivity (Wildman–Crippen MR) is 62.2 cm³/mol. The lowest BCUT2D eigenvalue weighted by Gasteiger charge is -2.17. The van der Waals surface area contributed by atoms with E-state index in [1.54, 1.807) is 0 Å². The number of aromatic nitrogens is 1. The first-order valence-corrected chi connectivity index (χ1v) is 5.81. The number of hydrogen-bond acceptors (Lipinski definition) is 5. The number of nitriles is 1. The van der Waals surface area contributed by atoms with Crippen LogP contribution in [-0.4, -0.2) is 29.1 Å². The highest BCUT2D eigenvalue weighted by Gasteiger charge is 2.18. The summed E-state index contributed by atoms with van der Waals surface area (Å²) in [4.78, 5) is 16.6. The Labute approximate surface area is 102 Å². The molecule has 1 heterocycles. The molecule has 0 amide bonds. The molecule has 0 radical (unpaired) electrons. The van der Waals surface area contributed by atoms with E-state index in [9.17, 15) is 4.79 Å². The van der Waals surface area contributed by atoms with Gasteiger partial charge in [-0.2, -0.15) is 5.26 Å². The molecule has 0 aliphatic carbocycles. The zero-order valence-electron chi connectivity index (χ0n) is 8.60. The summed E-state index contributed by atoms with van der Waals surface area (Å²) in [6.07, 6.45) is 0.368. The van der Waals surface area contributed by atoms with E-state index in [4.69, 9.17) is 22.0 Å². The zero-order chi connectivity index (χ0) is 12.1. The first-order valence-electron chi connectivity index (χ1n) is 4.61. The van der Waals surface area contributed by atoms with Gasteiger partial charge in [-0.1, -0.05) is 22.9 Å². The lowest BCUT2D eigenvalue weighted by Crippen LogP contribution is -2.23. The van der Waals surface area contributed by atoms with Crippen LogP contribution >= 0.6 is 22.9 Å². The van der Waals surface area contributed by atoms with Gasteiger partial charge in [-0.3, -0.25) is 0 Å². The number of carboxylic acids is 1. The van der Waals surface area contributed by atoms with Crippen molar-refractivity contribution in [3.63, 3.8) is 0 Å². The third kappa shape index (κ3) is 2.84. The standard InChI is InChI=1S/C9H10ClN3O2S/c1-2-13(5-3-4-11)9-12-7(10)6(16-9)8(14)15/h2-3,5H2,1H3,(H,14,15). The summed E-state index contributed by atoms with van der Waals surface area (Å²) in [6, 6.07) is 2.03. The Balaban J connectivity index is 2.90. The van der Waals surface area contributed by atoms with Crippen molar-refractivity contribution in [3.05, 3.63) is 10.0 Å². The number of aromatic carboxylic acids is 1. The number of hydrogen-bond donors (Lipinski definition) is 1. The lowest BCUT2D eigenvalue weighted by atomic mass is 10.4. The van der Waals surface area contributed by atoms with E-state index >= 15 is 0 Å². The van der Waals surface area contributed by atoms with Crippen LogP contribution in [0.25, 0.3) is 0 Å². The van der Waals surface area contributed by atoms with Gasteiger partial charge in [-0.15, -0.1) is 0 Å². The van der Waals surface area contributed by atoms with Crippen molar-refractivity contribution in [1.29, 1.82) is 5.26 Å². The third-order valence-corrected chi connectivity index (χ3v) is 3.40. The minimum absolute atomic E-state index is 0.00269. The van der Waals surface area contributed by atoms with Gasteiger partial charge < -0.3 is 10.0 Å². The van der Waals surface area contributed by atoms with E-state index in [2.05, 4.69) is 4.98 Å². The number of rotatable bonds is 5. The molecule has 0 aromatic carbocycles. The summed E-state index contributed by atoms with van der Waals surface area (Å²) in [5.41, 5.74) is 0. The van der Waals surface area contributed by atoms with Crippen LogP contribution in [0.4, 0.5) is 5.13 Å². The summed E-state index contributed by atoms with van der Waals surface area (Å²) in [5.74, 6) is -1.08. The summed E-state index contributed by atoms with van der Waals surface area (Å²) in [5, 5.41) is 17.9. The van der Waals surface area contributed by atoms with Crippen molar-refractivity contribution in [2.24, 2.45) is 0 Å². The lowest BCUT2D eigenvalue weighted by molar-refractivity contribution is 0.0702. The predicted octanol–water partition coefficient (Wildman–Crippen LogP) is 2.23. The fourth-order valence-electron chi connectivity index (χ4n) is 1.13. The second-order valence-corrected chi connectivity index (χ2v) is 4.24. The molecule has 5 nitrogen and oxygen atoms in total. The van der Waals surface area contributed by atoms with Crippen molar-refractivity contribution >= 4 is 34.0 Å². The molecule has 0 saturated carbocycles. The van der Waals surface area contributed by atoms with Crippen molar-refractivity contribution < 1.29 is 9.90 Å². The molecule has 1 aromatic heterocycles. The molecule has 86 valence electrons. The molecular weight excluding hydrogens is 250 g/mol. The zero-order valence-corrected chi connectivity index (χ0v) is 10.2. The van der Waals surface area contributed by atoms with E-state index in [1.165, 1.54) is 0 Å². The average molecular weight is 260 g/mol. The van der Waals surface area contributed by atoms with Gasteiger partial charge in [0.1, 0.15) is 0 Å². The molecule has 16 heavy (non-hydrogen) atoms. The average Bonchev–Trinajstić information content (AvgIpc) is 2.62. The Morgan fingerprint density at radius 1 is 1.75 bits per heavy atom. The minimum atomic E-state index is -1.08. The van der Waals surface area contributed by atoms with Crippen LogP contribution in [0.15, 0.2) is 0 Å². The fraction of sp³-hybridized carbons (Fsp3) is 0.444. The maximum absolute atomic E-state index is 10.8. The molecule has 0 saturated heterocycles. The summed E-state index contributed by atoms with van der Waals surface area (Å²) < 4.78 is 0. The van der Waals surface area contributed by atoms with Gasteiger partial charge in [-0.25, -0.2) is 9.78 Å². The van der Waals surface area contributed by atoms with Gasteiger partial charge in [0.15, 0.2) is 15.2 Å². The molecule has 1 N–H and O–H groups in total. The molecule has 0 fully saturated rings. The Morgan fingerprint density at radius 2 is 2.44 bits per heavy atom. The topological polar surface area (TPSA) is 77.2 Å². The van der Waals surface area contributed by atoms with Gasteiger partial charge in [0.25, 0.3) is 0 Å². The number of carboxylic acid groups (broad SMARTS) is 1. The first-order chi connectivity index (χ1) is 7.60. The monoisotopic (exact) mass is 259 g/mol. The van der Waals surface area contributed by atoms with Gasteiger partial charge in [0, 0.05) is 13.1 Å². The van der Waals surface area contributed by atoms with E-state index in [-0.39, 0.29) is 10.0 Å².